The molecule has 0 aliphatic carbocycles. The van der Waals surface area contributed by atoms with Gasteiger partial charge in [-0.15, -0.1) is 0 Å². The first-order valence-electron chi connectivity index (χ1n) is 18.8. The molecular formula is C43H53N5O7. The standard InChI is InChI=1S/C43H53N5O7/c1-5-6-7-8-9-24-55-35-20-16-30(17-21-35)33-27-45-39(46-28-33)31-12-10-29(11-13-31)25-36(41(52)48-37(42(53)54)26-38(50)44-22-23-49)47-40(51)32-14-18-34(19-15-32)43(2,3)4/h10-21,27-28,36-37,49H,5-9,22-26H2,1-4H3,(H,44,50)(H,47,51)(H,48,52)(H,53,54)/t36-,37?/m0/s1. The maximum atomic E-state index is 13.6. The van der Waals surface area contributed by atoms with Crippen LogP contribution < -0.4 is 20.7 Å². The number of carboxylic acids is 1. The van der Waals surface area contributed by atoms with E-state index in [1.165, 1.54) is 25.7 Å². The van der Waals surface area contributed by atoms with Crippen molar-refractivity contribution >= 4 is 23.7 Å². The second-order valence-electron chi connectivity index (χ2n) is 14.5. The summed E-state index contributed by atoms with van der Waals surface area (Å²) in [5.41, 5.74) is 4.47. The Morgan fingerprint density at radius 2 is 1.40 bits per heavy atom. The van der Waals surface area contributed by atoms with Crippen molar-refractivity contribution in [3.05, 3.63) is 102 Å². The van der Waals surface area contributed by atoms with Gasteiger partial charge in [0.2, 0.25) is 11.8 Å². The molecule has 55 heavy (non-hydrogen) atoms. The van der Waals surface area contributed by atoms with Crippen molar-refractivity contribution in [3.8, 4) is 28.3 Å². The van der Waals surface area contributed by atoms with Gasteiger partial charge in [-0.05, 0) is 52.8 Å². The number of unbranched alkanes of at least 4 members (excludes halogenated alkanes) is 4. The highest BCUT2D eigenvalue weighted by Gasteiger charge is 2.29. The van der Waals surface area contributed by atoms with Crippen LogP contribution in [0.15, 0.2) is 85.2 Å². The third-order valence-electron chi connectivity index (χ3n) is 9.08. The smallest absolute Gasteiger partial charge is 0.326 e. The van der Waals surface area contributed by atoms with Gasteiger partial charge < -0.3 is 30.9 Å². The van der Waals surface area contributed by atoms with E-state index in [9.17, 15) is 24.3 Å². The van der Waals surface area contributed by atoms with Gasteiger partial charge in [0.1, 0.15) is 17.8 Å². The molecule has 1 aromatic heterocycles. The number of aliphatic hydroxyl groups is 1. The van der Waals surface area contributed by atoms with Crippen molar-refractivity contribution in [1.82, 2.24) is 25.9 Å². The highest BCUT2D eigenvalue weighted by atomic mass is 16.5. The Labute approximate surface area is 323 Å². The number of ether oxygens (including phenoxy) is 1. The highest BCUT2D eigenvalue weighted by Crippen LogP contribution is 2.25. The zero-order valence-electron chi connectivity index (χ0n) is 32.1. The number of hydrogen-bond acceptors (Lipinski definition) is 8. The van der Waals surface area contributed by atoms with E-state index in [1.807, 2.05) is 48.5 Å². The second-order valence-corrected chi connectivity index (χ2v) is 14.5. The first-order chi connectivity index (χ1) is 26.4. The summed E-state index contributed by atoms with van der Waals surface area (Å²) >= 11 is 0. The summed E-state index contributed by atoms with van der Waals surface area (Å²) in [7, 11) is 0. The van der Waals surface area contributed by atoms with Crippen molar-refractivity contribution in [3.63, 3.8) is 0 Å². The number of carboxylic acid groups (broad SMARTS) is 1. The quantitative estimate of drug-likeness (QED) is 0.0691. The van der Waals surface area contributed by atoms with E-state index >= 15 is 0 Å². The number of nitrogens with zero attached hydrogens (tertiary/aromatic N) is 2. The van der Waals surface area contributed by atoms with Crippen LogP contribution in [0.3, 0.4) is 0 Å². The molecule has 12 nitrogen and oxygen atoms in total. The number of aliphatic carboxylic acids is 1. The van der Waals surface area contributed by atoms with Gasteiger partial charge >= 0.3 is 5.97 Å². The molecule has 12 heteroatoms. The number of amides is 3. The monoisotopic (exact) mass is 751 g/mol. The van der Waals surface area contributed by atoms with Gasteiger partial charge in [-0.25, -0.2) is 14.8 Å². The van der Waals surface area contributed by atoms with E-state index < -0.39 is 42.2 Å². The number of carbonyl (C=O) groups is 4. The normalized spacial score (nSPS) is 12.3. The molecular weight excluding hydrogens is 699 g/mol. The molecule has 2 atom stereocenters. The van der Waals surface area contributed by atoms with E-state index in [2.05, 4.69) is 53.6 Å². The van der Waals surface area contributed by atoms with Gasteiger partial charge in [0.25, 0.3) is 5.91 Å². The average Bonchev–Trinajstić information content (AvgIpc) is 3.18. The van der Waals surface area contributed by atoms with Gasteiger partial charge in [0.05, 0.1) is 19.6 Å². The minimum atomic E-state index is -1.56. The number of hydrogen-bond donors (Lipinski definition) is 5. The van der Waals surface area contributed by atoms with Crippen molar-refractivity contribution in [2.24, 2.45) is 0 Å². The Kier molecular flexibility index (Phi) is 15.9. The number of aliphatic hydroxyl groups excluding tert-OH is 1. The maximum absolute atomic E-state index is 13.6. The van der Waals surface area contributed by atoms with Crippen LogP contribution >= 0.6 is 0 Å². The van der Waals surface area contributed by atoms with Crippen LogP contribution in [0, 0.1) is 0 Å². The Morgan fingerprint density at radius 1 is 0.764 bits per heavy atom. The number of benzene rings is 3. The van der Waals surface area contributed by atoms with E-state index in [0.717, 1.165) is 34.4 Å². The molecule has 1 heterocycles. The Balaban J connectivity index is 1.45. The van der Waals surface area contributed by atoms with E-state index in [4.69, 9.17) is 9.84 Å². The minimum absolute atomic E-state index is 0.0271. The van der Waals surface area contributed by atoms with Crippen LogP contribution in [0.2, 0.25) is 0 Å². The predicted molar refractivity (Wildman–Crippen MR) is 212 cm³/mol. The molecule has 0 aliphatic rings. The number of rotatable bonds is 20. The number of nitrogens with one attached hydrogen (secondary N) is 3. The molecule has 0 bridgehead atoms. The van der Waals surface area contributed by atoms with E-state index in [-0.39, 0.29) is 25.0 Å². The first kappa shape index (κ1) is 42.1. The molecule has 4 rings (SSSR count). The van der Waals surface area contributed by atoms with Crippen LogP contribution in [0.4, 0.5) is 0 Å². The lowest BCUT2D eigenvalue weighted by Gasteiger charge is -2.22. The van der Waals surface area contributed by atoms with E-state index in [1.54, 1.807) is 36.7 Å². The SMILES string of the molecule is CCCCCCCOc1ccc(-c2cnc(-c3ccc(C[C@H](NC(=O)c4ccc(C(C)(C)C)cc4)C(=O)NC(CC(=O)NCCO)C(=O)O)cc3)nc2)cc1. The van der Waals surface area contributed by atoms with Crippen LogP contribution in [0.5, 0.6) is 5.75 Å². The number of carbonyl (C=O) groups excluding carboxylic acids is 3. The first-order valence-corrected chi connectivity index (χ1v) is 18.8. The third-order valence-corrected chi connectivity index (χ3v) is 9.08. The lowest BCUT2D eigenvalue weighted by molar-refractivity contribution is -0.143. The summed E-state index contributed by atoms with van der Waals surface area (Å²) in [5, 5.41) is 26.3. The fraction of sp³-hybridized carbons (Fsp3) is 0.395. The summed E-state index contributed by atoms with van der Waals surface area (Å²) in [5.74, 6) is -2.03. The van der Waals surface area contributed by atoms with Crippen molar-refractivity contribution in [1.29, 1.82) is 0 Å². The molecule has 3 amide bonds. The van der Waals surface area contributed by atoms with Crippen LogP contribution in [0.25, 0.3) is 22.5 Å². The average molecular weight is 752 g/mol. The van der Waals surface area contributed by atoms with Gasteiger partial charge in [0.15, 0.2) is 5.82 Å². The summed E-state index contributed by atoms with van der Waals surface area (Å²) in [6.07, 6.45) is 8.91. The van der Waals surface area contributed by atoms with Crippen LogP contribution in [-0.2, 0) is 26.2 Å². The van der Waals surface area contributed by atoms with Crippen LogP contribution in [0.1, 0.15) is 87.7 Å². The summed E-state index contributed by atoms with van der Waals surface area (Å²) < 4.78 is 5.89. The fourth-order valence-corrected chi connectivity index (χ4v) is 5.79. The van der Waals surface area contributed by atoms with Gasteiger partial charge in [0, 0.05) is 42.0 Å². The van der Waals surface area contributed by atoms with Crippen LogP contribution in [-0.4, -0.2) is 75.7 Å². The second kappa shape index (κ2) is 20.7. The largest absolute Gasteiger partial charge is 0.494 e. The molecule has 4 aromatic rings. The summed E-state index contributed by atoms with van der Waals surface area (Å²) in [6.45, 7) is 8.71. The maximum Gasteiger partial charge on any atom is 0.326 e. The lowest BCUT2D eigenvalue weighted by atomic mass is 9.86. The van der Waals surface area contributed by atoms with Gasteiger partial charge in [-0.1, -0.05) is 102 Å². The number of aromatic nitrogens is 2. The molecule has 0 aliphatic heterocycles. The van der Waals surface area contributed by atoms with Crippen molar-refractivity contribution in [2.75, 3.05) is 19.8 Å². The van der Waals surface area contributed by atoms with Crippen molar-refractivity contribution in [2.45, 2.75) is 90.1 Å². The molecule has 0 radical (unpaired) electrons. The Bertz CT molecular complexity index is 1840. The zero-order chi connectivity index (χ0) is 39.8. The molecule has 0 saturated heterocycles. The van der Waals surface area contributed by atoms with Gasteiger partial charge in [-0.2, -0.15) is 0 Å². The molecule has 0 saturated carbocycles. The topological polar surface area (TPSA) is 180 Å². The molecule has 292 valence electrons. The Morgan fingerprint density at radius 3 is 2.00 bits per heavy atom. The van der Waals surface area contributed by atoms with Gasteiger partial charge in [-0.3, -0.25) is 14.4 Å². The van der Waals surface area contributed by atoms with Crippen molar-refractivity contribution < 1.29 is 34.1 Å². The molecule has 3 aromatic carbocycles. The molecule has 5 N–H and O–H groups in total. The molecule has 1 unspecified atom stereocenters. The molecule has 0 spiro atoms. The third kappa shape index (κ3) is 13.3. The highest BCUT2D eigenvalue weighted by molar-refractivity contribution is 5.98. The summed E-state index contributed by atoms with van der Waals surface area (Å²) in [4.78, 5) is 60.3. The summed E-state index contributed by atoms with van der Waals surface area (Å²) in [6, 6.07) is 19.4. The predicted octanol–water partition coefficient (Wildman–Crippen LogP) is 5.87. The fourth-order valence-electron chi connectivity index (χ4n) is 5.79. The lowest BCUT2D eigenvalue weighted by Crippen LogP contribution is -2.53. The van der Waals surface area contributed by atoms with E-state index in [0.29, 0.717) is 23.6 Å². The Hall–Kier alpha value is -5.62. The minimum Gasteiger partial charge on any atom is -0.494 e. The zero-order valence-corrected chi connectivity index (χ0v) is 32.1. The molecule has 0 fully saturated rings.